The number of hydrogen-bond acceptors (Lipinski definition) is 3. The third-order valence-electron chi connectivity index (χ3n) is 3.52. The average Bonchev–Trinajstić information content (AvgIpc) is 2.39. The maximum absolute atomic E-state index is 12.1. The van der Waals surface area contributed by atoms with Gasteiger partial charge < -0.3 is 15.0 Å². The zero-order valence-corrected chi connectivity index (χ0v) is 12.3. The van der Waals surface area contributed by atoms with Crippen LogP contribution in [0, 0.1) is 5.92 Å². The first kappa shape index (κ1) is 16.0. The van der Waals surface area contributed by atoms with Gasteiger partial charge in [-0.25, -0.2) is 0 Å². The fourth-order valence-corrected chi connectivity index (χ4v) is 2.50. The van der Waals surface area contributed by atoms with Gasteiger partial charge in [-0.05, 0) is 26.2 Å². The predicted octanol–water partition coefficient (Wildman–Crippen LogP) is 1.18. The Morgan fingerprint density at radius 2 is 2.21 bits per heavy atom. The summed E-state index contributed by atoms with van der Waals surface area (Å²) in [6.07, 6.45) is 3.80. The lowest BCUT2D eigenvalue weighted by Gasteiger charge is -2.32. The van der Waals surface area contributed by atoms with Crippen LogP contribution in [0.3, 0.4) is 0 Å². The Kier molecular flexibility index (Phi) is 6.84. The van der Waals surface area contributed by atoms with E-state index in [-0.39, 0.29) is 30.4 Å². The van der Waals surface area contributed by atoms with Crippen molar-refractivity contribution in [2.45, 2.75) is 45.6 Å². The van der Waals surface area contributed by atoms with Crippen molar-refractivity contribution in [2.24, 2.45) is 5.92 Å². The topological polar surface area (TPSA) is 58.6 Å². The van der Waals surface area contributed by atoms with Crippen LogP contribution >= 0.6 is 0 Å². The maximum Gasteiger partial charge on any atom is 0.248 e. The second-order valence-electron chi connectivity index (χ2n) is 5.31. The molecular weight excluding hydrogens is 244 g/mol. The Morgan fingerprint density at radius 1 is 1.47 bits per heavy atom. The Balaban J connectivity index is 2.45. The van der Waals surface area contributed by atoms with E-state index in [9.17, 15) is 9.59 Å². The van der Waals surface area contributed by atoms with E-state index in [4.69, 9.17) is 4.74 Å². The van der Waals surface area contributed by atoms with Crippen molar-refractivity contribution in [1.29, 1.82) is 0 Å². The summed E-state index contributed by atoms with van der Waals surface area (Å²) < 4.78 is 4.86. The predicted molar refractivity (Wildman–Crippen MR) is 73.7 cm³/mol. The van der Waals surface area contributed by atoms with E-state index in [1.807, 2.05) is 6.92 Å². The number of amides is 2. The highest BCUT2D eigenvalue weighted by molar-refractivity contribution is 5.82. The Labute approximate surface area is 115 Å². The van der Waals surface area contributed by atoms with Crippen LogP contribution in [0.15, 0.2) is 0 Å². The highest BCUT2D eigenvalue weighted by Crippen LogP contribution is 2.17. The van der Waals surface area contributed by atoms with E-state index < -0.39 is 0 Å². The van der Waals surface area contributed by atoms with Gasteiger partial charge in [-0.3, -0.25) is 9.59 Å². The smallest absolute Gasteiger partial charge is 0.248 e. The van der Waals surface area contributed by atoms with Crippen molar-refractivity contribution in [3.63, 3.8) is 0 Å². The van der Waals surface area contributed by atoms with Crippen LogP contribution in [0.2, 0.25) is 0 Å². The first-order chi connectivity index (χ1) is 9.08. The minimum atomic E-state index is -0.0751. The molecule has 1 rings (SSSR count). The third-order valence-corrected chi connectivity index (χ3v) is 3.52. The Morgan fingerprint density at radius 3 is 2.84 bits per heavy atom. The molecule has 0 saturated carbocycles. The Hall–Kier alpha value is -1.10. The minimum absolute atomic E-state index is 0.0263. The summed E-state index contributed by atoms with van der Waals surface area (Å²) >= 11 is 0. The summed E-state index contributed by atoms with van der Waals surface area (Å²) in [6, 6.07) is 0.211. The van der Waals surface area contributed by atoms with Gasteiger partial charge in [0, 0.05) is 26.2 Å². The third kappa shape index (κ3) is 5.19. The van der Waals surface area contributed by atoms with Crippen LogP contribution in [0.1, 0.15) is 39.5 Å². The second kappa shape index (κ2) is 8.15. The molecule has 5 nitrogen and oxygen atoms in total. The molecule has 2 atom stereocenters. The van der Waals surface area contributed by atoms with Gasteiger partial charge in [0.05, 0.1) is 5.92 Å². The number of carbonyl (C=O) groups excluding carboxylic acids is 2. The van der Waals surface area contributed by atoms with Gasteiger partial charge in [0.2, 0.25) is 11.8 Å². The van der Waals surface area contributed by atoms with E-state index in [0.29, 0.717) is 6.54 Å². The van der Waals surface area contributed by atoms with Gasteiger partial charge in [0.1, 0.15) is 6.61 Å². The van der Waals surface area contributed by atoms with Crippen LogP contribution in [0.25, 0.3) is 0 Å². The van der Waals surface area contributed by atoms with Gasteiger partial charge in [0.25, 0.3) is 0 Å². The summed E-state index contributed by atoms with van der Waals surface area (Å²) in [4.78, 5) is 25.6. The van der Waals surface area contributed by atoms with E-state index in [1.54, 1.807) is 4.90 Å². The first-order valence-corrected chi connectivity index (χ1v) is 7.15. The lowest BCUT2D eigenvalue weighted by atomic mass is 9.96. The van der Waals surface area contributed by atoms with E-state index in [1.165, 1.54) is 7.11 Å². The summed E-state index contributed by atoms with van der Waals surface area (Å²) in [7, 11) is 1.51. The molecule has 1 aliphatic rings. The molecule has 1 fully saturated rings. The van der Waals surface area contributed by atoms with E-state index in [0.717, 1.165) is 32.2 Å². The maximum atomic E-state index is 12.1. The quantitative estimate of drug-likeness (QED) is 0.788. The van der Waals surface area contributed by atoms with Gasteiger partial charge >= 0.3 is 0 Å². The molecule has 0 bridgehead atoms. The molecule has 1 aliphatic heterocycles. The van der Waals surface area contributed by atoms with Gasteiger partial charge in [-0.2, -0.15) is 0 Å². The number of ether oxygens (including phenoxy) is 1. The zero-order chi connectivity index (χ0) is 14.3. The molecule has 2 amide bonds. The number of nitrogens with zero attached hydrogens (tertiary/aromatic N) is 1. The number of carbonyl (C=O) groups is 2. The number of piperidine rings is 1. The van der Waals surface area contributed by atoms with Crippen LogP contribution in [0.5, 0.6) is 0 Å². The van der Waals surface area contributed by atoms with Crippen molar-refractivity contribution < 1.29 is 14.3 Å². The lowest BCUT2D eigenvalue weighted by Crippen LogP contribution is -2.47. The number of methoxy groups -OCH3 is 1. The summed E-state index contributed by atoms with van der Waals surface area (Å²) in [5, 5.41) is 3.03. The van der Waals surface area contributed by atoms with Crippen molar-refractivity contribution >= 4 is 11.8 Å². The summed E-state index contributed by atoms with van der Waals surface area (Å²) in [6.45, 7) is 5.48. The minimum Gasteiger partial charge on any atom is -0.375 e. The van der Waals surface area contributed by atoms with Crippen LogP contribution < -0.4 is 5.32 Å². The van der Waals surface area contributed by atoms with Gasteiger partial charge in [0.15, 0.2) is 0 Å². The Bertz CT molecular complexity index is 307. The zero-order valence-electron chi connectivity index (χ0n) is 12.3. The van der Waals surface area contributed by atoms with Crippen LogP contribution in [-0.2, 0) is 14.3 Å². The second-order valence-corrected chi connectivity index (χ2v) is 5.31. The van der Waals surface area contributed by atoms with Crippen molar-refractivity contribution in [3.8, 4) is 0 Å². The molecular formula is C14H26N2O3. The highest BCUT2D eigenvalue weighted by atomic mass is 16.5. The van der Waals surface area contributed by atoms with Crippen LogP contribution in [-0.4, -0.2) is 49.6 Å². The van der Waals surface area contributed by atoms with Crippen molar-refractivity contribution in [2.75, 3.05) is 26.8 Å². The molecule has 19 heavy (non-hydrogen) atoms. The molecule has 0 aromatic heterocycles. The largest absolute Gasteiger partial charge is 0.375 e. The molecule has 0 aliphatic carbocycles. The SMILES string of the molecule is CCCC(C)NC(=O)C1CCCN(C(=O)COC)C1. The summed E-state index contributed by atoms with van der Waals surface area (Å²) in [5.74, 6) is -0.0219. The van der Waals surface area contributed by atoms with Crippen LogP contribution in [0.4, 0.5) is 0 Å². The molecule has 2 unspecified atom stereocenters. The van der Waals surface area contributed by atoms with Crippen molar-refractivity contribution in [1.82, 2.24) is 10.2 Å². The normalized spacial score (nSPS) is 21.0. The fourth-order valence-electron chi connectivity index (χ4n) is 2.50. The number of nitrogens with one attached hydrogen (secondary N) is 1. The lowest BCUT2D eigenvalue weighted by molar-refractivity contribution is -0.139. The van der Waals surface area contributed by atoms with Gasteiger partial charge in [-0.15, -0.1) is 0 Å². The molecule has 1 heterocycles. The fraction of sp³-hybridized carbons (Fsp3) is 0.857. The van der Waals surface area contributed by atoms with E-state index in [2.05, 4.69) is 12.2 Å². The molecule has 0 spiro atoms. The molecule has 0 aromatic carbocycles. The molecule has 1 N–H and O–H groups in total. The molecule has 5 heteroatoms. The monoisotopic (exact) mass is 270 g/mol. The number of hydrogen-bond donors (Lipinski definition) is 1. The molecule has 0 aromatic rings. The first-order valence-electron chi connectivity index (χ1n) is 7.15. The highest BCUT2D eigenvalue weighted by Gasteiger charge is 2.28. The van der Waals surface area contributed by atoms with E-state index >= 15 is 0 Å². The molecule has 110 valence electrons. The average molecular weight is 270 g/mol. The van der Waals surface area contributed by atoms with Crippen molar-refractivity contribution in [3.05, 3.63) is 0 Å². The molecule has 1 saturated heterocycles. The number of rotatable bonds is 6. The van der Waals surface area contributed by atoms with Gasteiger partial charge in [-0.1, -0.05) is 13.3 Å². The summed E-state index contributed by atoms with van der Waals surface area (Å²) in [5.41, 5.74) is 0. The number of likely N-dealkylation sites (tertiary alicyclic amines) is 1. The standard InChI is InChI=1S/C14H26N2O3/c1-4-6-11(2)15-14(18)12-7-5-8-16(9-12)13(17)10-19-3/h11-12H,4-10H2,1-3H3,(H,15,18). The molecule has 0 radical (unpaired) electrons.